The molecule has 0 saturated carbocycles. The number of ether oxygens (including phenoxy) is 2. The Bertz CT molecular complexity index is 916. The number of phosphoric ester groups is 1. The molecule has 0 saturated heterocycles. The molecule has 258 valence electrons. The van der Waals surface area contributed by atoms with Crippen LogP contribution in [0.1, 0.15) is 136 Å². The molecule has 0 radical (unpaired) electrons. The van der Waals surface area contributed by atoms with E-state index in [1.54, 1.807) is 0 Å². The molecule has 45 heavy (non-hydrogen) atoms. The summed E-state index contributed by atoms with van der Waals surface area (Å²) in [6.07, 6.45) is 38.0. The minimum absolute atomic E-state index is 0.184. The van der Waals surface area contributed by atoms with Crippen LogP contribution >= 0.6 is 7.82 Å². The smallest absolute Gasteiger partial charge is 0.462 e. The molecule has 2 N–H and O–H groups in total. The number of hydrogen-bond acceptors (Lipinski definition) is 6. The van der Waals surface area contributed by atoms with Crippen molar-refractivity contribution in [2.75, 3.05) is 13.2 Å². The second kappa shape index (κ2) is 31.7. The third kappa shape index (κ3) is 34.5. The van der Waals surface area contributed by atoms with Gasteiger partial charge in [-0.3, -0.25) is 14.1 Å². The predicted molar refractivity (Wildman–Crippen MR) is 184 cm³/mol. The molecule has 0 amide bonds. The Morgan fingerprint density at radius 1 is 0.600 bits per heavy atom. The van der Waals surface area contributed by atoms with E-state index < -0.39 is 32.5 Å². The number of unbranched alkanes of at least 4 members (excludes halogenated alkanes) is 12. The molecule has 1 atom stereocenters. The average molecular weight is 653 g/mol. The number of allylic oxidation sites excluding steroid dienone is 10. The molecule has 0 aliphatic rings. The molecule has 8 nitrogen and oxygen atoms in total. The Kier molecular flexibility index (Phi) is 30.1. The lowest BCUT2D eigenvalue weighted by molar-refractivity contribution is -0.161. The van der Waals surface area contributed by atoms with E-state index in [2.05, 4.69) is 60.9 Å². The first-order chi connectivity index (χ1) is 21.8. The topological polar surface area (TPSA) is 119 Å². The monoisotopic (exact) mass is 652 g/mol. The van der Waals surface area contributed by atoms with Crippen molar-refractivity contribution in [3.05, 3.63) is 60.8 Å². The van der Waals surface area contributed by atoms with E-state index in [9.17, 15) is 14.2 Å². The quantitative estimate of drug-likeness (QED) is 0.0259. The van der Waals surface area contributed by atoms with Gasteiger partial charge in [0.05, 0.1) is 6.61 Å². The standard InChI is InChI=1S/C36H61O8P/c1-3-5-7-9-11-13-15-17-19-20-22-24-26-28-30-35(37)42-32-34(33-43-45(39,40)41)44-36(38)31-29-27-25-23-21-18-16-14-12-10-8-6-4-2/h5-8,10-14,16,34H,3-4,9,15,17-33H2,1-2H3,(H2,39,40,41)/b7-5+,8-6+,12-10+,13-11+,16-14+. The highest BCUT2D eigenvalue weighted by molar-refractivity contribution is 7.46. The van der Waals surface area contributed by atoms with E-state index in [1.165, 1.54) is 19.3 Å². The van der Waals surface area contributed by atoms with Gasteiger partial charge in [0.25, 0.3) is 0 Å². The number of hydrogen-bond donors (Lipinski definition) is 2. The minimum atomic E-state index is -4.76. The van der Waals surface area contributed by atoms with Crippen molar-refractivity contribution in [3.8, 4) is 0 Å². The fourth-order valence-electron chi connectivity index (χ4n) is 4.35. The van der Waals surface area contributed by atoms with Crippen LogP contribution in [0.15, 0.2) is 60.8 Å². The molecule has 0 aliphatic heterocycles. The summed E-state index contributed by atoms with van der Waals surface area (Å²) < 4.78 is 26.2. The third-order valence-corrected chi connectivity index (χ3v) is 7.33. The maximum Gasteiger partial charge on any atom is 0.469 e. The van der Waals surface area contributed by atoms with Crippen LogP contribution in [0.4, 0.5) is 0 Å². The fraction of sp³-hybridized carbons (Fsp3) is 0.667. The van der Waals surface area contributed by atoms with Crippen molar-refractivity contribution < 1.29 is 37.9 Å². The van der Waals surface area contributed by atoms with Gasteiger partial charge in [0.15, 0.2) is 6.10 Å². The molecule has 0 aromatic carbocycles. The SMILES string of the molecule is CC/C=C/C=C/C=C/CCCCCCCC(=O)OC(COC(=O)CCCCCCCCC/C=C/C/C=C/CC)COP(=O)(O)O. The molecule has 0 bridgehead atoms. The largest absolute Gasteiger partial charge is 0.469 e. The van der Waals surface area contributed by atoms with Crippen molar-refractivity contribution >= 4 is 19.8 Å². The van der Waals surface area contributed by atoms with Crippen LogP contribution in [0.3, 0.4) is 0 Å². The Morgan fingerprint density at radius 3 is 1.71 bits per heavy atom. The van der Waals surface area contributed by atoms with Crippen LogP contribution in [0.2, 0.25) is 0 Å². The van der Waals surface area contributed by atoms with Gasteiger partial charge >= 0.3 is 19.8 Å². The van der Waals surface area contributed by atoms with Gasteiger partial charge in [0, 0.05) is 12.8 Å². The van der Waals surface area contributed by atoms with Gasteiger partial charge in [-0.15, -0.1) is 0 Å². The third-order valence-electron chi connectivity index (χ3n) is 6.84. The van der Waals surface area contributed by atoms with Gasteiger partial charge in [-0.2, -0.15) is 0 Å². The Hall–Kier alpha value is -2.25. The summed E-state index contributed by atoms with van der Waals surface area (Å²) in [7, 11) is -4.76. The summed E-state index contributed by atoms with van der Waals surface area (Å²) in [5.74, 6) is -0.927. The lowest BCUT2D eigenvalue weighted by atomic mass is 10.1. The molecular formula is C36H61O8P. The van der Waals surface area contributed by atoms with E-state index in [0.29, 0.717) is 12.8 Å². The van der Waals surface area contributed by atoms with E-state index in [0.717, 1.165) is 77.0 Å². The van der Waals surface area contributed by atoms with Crippen LogP contribution in [0, 0.1) is 0 Å². The normalized spacial score (nSPS) is 13.2. The zero-order valence-corrected chi connectivity index (χ0v) is 28.9. The van der Waals surface area contributed by atoms with Crippen LogP contribution < -0.4 is 0 Å². The highest BCUT2D eigenvalue weighted by Crippen LogP contribution is 2.35. The summed E-state index contributed by atoms with van der Waals surface area (Å²) in [6, 6.07) is 0. The van der Waals surface area contributed by atoms with Gasteiger partial charge in [0.1, 0.15) is 6.61 Å². The predicted octanol–water partition coefficient (Wildman–Crippen LogP) is 9.78. The molecule has 0 fully saturated rings. The number of carbonyl (C=O) groups is 2. The Morgan fingerprint density at radius 2 is 1.11 bits per heavy atom. The van der Waals surface area contributed by atoms with Crippen LogP contribution in [0.5, 0.6) is 0 Å². The second-order valence-corrected chi connectivity index (χ2v) is 12.4. The van der Waals surface area contributed by atoms with Crippen molar-refractivity contribution in [1.29, 1.82) is 0 Å². The molecule has 1 unspecified atom stereocenters. The van der Waals surface area contributed by atoms with Gasteiger partial charge in [0.2, 0.25) is 0 Å². The summed E-state index contributed by atoms with van der Waals surface area (Å²) >= 11 is 0. The molecule has 0 heterocycles. The lowest BCUT2D eigenvalue weighted by Gasteiger charge is -2.18. The lowest BCUT2D eigenvalue weighted by Crippen LogP contribution is -2.29. The Balaban J connectivity index is 4.06. The fourth-order valence-corrected chi connectivity index (χ4v) is 4.71. The average Bonchev–Trinajstić information content (AvgIpc) is 3.00. The second-order valence-electron chi connectivity index (χ2n) is 11.1. The van der Waals surface area contributed by atoms with Gasteiger partial charge < -0.3 is 19.3 Å². The van der Waals surface area contributed by atoms with Crippen LogP contribution in [-0.2, 0) is 28.2 Å². The number of rotatable bonds is 30. The molecule has 0 spiro atoms. The number of esters is 2. The van der Waals surface area contributed by atoms with Gasteiger partial charge in [-0.25, -0.2) is 4.57 Å². The van der Waals surface area contributed by atoms with Gasteiger partial charge in [-0.1, -0.05) is 126 Å². The maximum absolute atomic E-state index is 12.3. The molecule has 0 rings (SSSR count). The van der Waals surface area contributed by atoms with Gasteiger partial charge in [-0.05, 0) is 57.8 Å². The summed E-state index contributed by atoms with van der Waals surface area (Å²) in [4.78, 5) is 42.6. The highest BCUT2D eigenvalue weighted by Gasteiger charge is 2.22. The molecule has 0 aromatic heterocycles. The number of phosphoric acid groups is 1. The zero-order chi connectivity index (χ0) is 33.3. The number of carbonyl (C=O) groups excluding carboxylic acids is 2. The van der Waals surface area contributed by atoms with Crippen LogP contribution in [-0.4, -0.2) is 41.0 Å². The molecule has 0 aromatic rings. The van der Waals surface area contributed by atoms with Crippen molar-refractivity contribution in [1.82, 2.24) is 0 Å². The molecular weight excluding hydrogens is 591 g/mol. The first kappa shape index (κ1) is 42.8. The minimum Gasteiger partial charge on any atom is -0.462 e. The maximum atomic E-state index is 12.3. The van der Waals surface area contributed by atoms with Crippen molar-refractivity contribution in [3.63, 3.8) is 0 Å². The molecule has 0 aliphatic carbocycles. The highest BCUT2D eigenvalue weighted by atomic mass is 31.2. The summed E-state index contributed by atoms with van der Waals surface area (Å²) in [5, 5.41) is 0. The van der Waals surface area contributed by atoms with Crippen molar-refractivity contribution in [2.45, 2.75) is 142 Å². The van der Waals surface area contributed by atoms with Crippen molar-refractivity contribution in [2.24, 2.45) is 0 Å². The molecule has 9 heteroatoms. The first-order valence-corrected chi connectivity index (χ1v) is 18.6. The summed E-state index contributed by atoms with van der Waals surface area (Å²) in [5.41, 5.74) is 0. The first-order valence-electron chi connectivity index (χ1n) is 17.1. The van der Waals surface area contributed by atoms with E-state index in [1.807, 2.05) is 18.2 Å². The summed E-state index contributed by atoms with van der Waals surface area (Å²) in [6.45, 7) is 3.39. The van der Waals surface area contributed by atoms with Crippen LogP contribution in [0.25, 0.3) is 0 Å². The van der Waals surface area contributed by atoms with E-state index in [-0.39, 0.29) is 19.4 Å². The van der Waals surface area contributed by atoms with E-state index >= 15 is 0 Å². The van der Waals surface area contributed by atoms with E-state index in [4.69, 9.17) is 19.3 Å². The zero-order valence-electron chi connectivity index (χ0n) is 28.0. The Labute approximate surface area is 273 Å².